The Bertz CT molecular complexity index is 585. The summed E-state index contributed by atoms with van der Waals surface area (Å²) in [5.41, 5.74) is 8.52. The van der Waals surface area contributed by atoms with Gasteiger partial charge in [-0.2, -0.15) is 0 Å². The van der Waals surface area contributed by atoms with E-state index in [4.69, 9.17) is 22.1 Å². The number of halogens is 1. The fraction of sp³-hybridized carbons (Fsp3) is 0.333. The maximum absolute atomic E-state index is 6.74. The van der Waals surface area contributed by atoms with Crippen molar-refractivity contribution in [2.75, 3.05) is 7.11 Å². The topological polar surface area (TPSA) is 35.2 Å². The zero-order chi connectivity index (χ0) is 15.3. The molecule has 0 saturated heterocycles. The monoisotopic (exact) mass is 303 g/mol. The highest BCUT2D eigenvalue weighted by atomic mass is 35.5. The van der Waals surface area contributed by atoms with E-state index in [9.17, 15) is 0 Å². The Labute approximate surface area is 131 Å². The SMILES string of the molecule is CCCC(N)(Cc1cc(Cl)ccc1OC)c1ccccc1. The molecule has 0 fully saturated rings. The minimum atomic E-state index is -0.409. The van der Waals surface area contributed by atoms with Crippen molar-refractivity contribution in [1.82, 2.24) is 0 Å². The zero-order valence-electron chi connectivity index (χ0n) is 12.6. The van der Waals surface area contributed by atoms with Gasteiger partial charge >= 0.3 is 0 Å². The van der Waals surface area contributed by atoms with Crippen LogP contribution in [0.25, 0.3) is 0 Å². The largest absolute Gasteiger partial charge is 0.496 e. The van der Waals surface area contributed by atoms with Gasteiger partial charge in [-0.25, -0.2) is 0 Å². The molecule has 21 heavy (non-hydrogen) atoms. The summed E-state index contributed by atoms with van der Waals surface area (Å²) in [6.45, 7) is 2.15. The second-order valence-electron chi connectivity index (χ2n) is 5.41. The quantitative estimate of drug-likeness (QED) is 0.850. The van der Waals surface area contributed by atoms with Crippen LogP contribution >= 0.6 is 11.6 Å². The molecule has 0 aliphatic carbocycles. The number of rotatable bonds is 6. The van der Waals surface area contributed by atoms with Crippen molar-refractivity contribution >= 4 is 11.6 Å². The van der Waals surface area contributed by atoms with Gasteiger partial charge in [0, 0.05) is 10.6 Å². The summed E-state index contributed by atoms with van der Waals surface area (Å²) in [5, 5.41) is 0.706. The molecule has 0 heterocycles. The smallest absolute Gasteiger partial charge is 0.122 e. The minimum Gasteiger partial charge on any atom is -0.496 e. The molecule has 2 aromatic rings. The van der Waals surface area contributed by atoms with Gasteiger partial charge in [0.2, 0.25) is 0 Å². The molecule has 0 spiro atoms. The second kappa shape index (κ2) is 6.97. The van der Waals surface area contributed by atoms with Crippen LogP contribution in [0.4, 0.5) is 0 Å². The first-order valence-electron chi connectivity index (χ1n) is 7.26. The van der Waals surface area contributed by atoms with E-state index in [2.05, 4.69) is 19.1 Å². The van der Waals surface area contributed by atoms with Gasteiger partial charge in [0.05, 0.1) is 7.11 Å². The molecular formula is C18H22ClNO. The average Bonchev–Trinajstić information content (AvgIpc) is 2.48. The van der Waals surface area contributed by atoms with Crippen molar-refractivity contribution in [3.63, 3.8) is 0 Å². The Hall–Kier alpha value is -1.51. The molecule has 3 heteroatoms. The van der Waals surface area contributed by atoms with Crippen LogP contribution in [0.15, 0.2) is 48.5 Å². The summed E-state index contributed by atoms with van der Waals surface area (Å²) in [7, 11) is 1.67. The fourth-order valence-electron chi connectivity index (χ4n) is 2.78. The van der Waals surface area contributed by atoms with Gasteiger partial charge in [0.1, 0.15) is 5.75 Å². The fourth-order valence-corrected chi connectivity index (χ4v) is 2.97. The lowest BCUT2D eigenvalue weighted by atomic mass is 9.81. The van der Waals surface area contributed by atoms with Crippen molar-refractivity contribution in [1.29, 1.82) is 0 Å². The van der Waals surface area contributed by atoms with E-state index in [-0.39, 0.29) is 0 Å². The van der Waals surface area contributed by atoms with Gasteiger partial charge in [0.15, 0.2) is 0 Å². The third-order valence-electron chi connectivity index (χ3n) is 3.79. The second-order valence-corrected chi connectivity index (χ2v) is 5.84. The van der Waals surface area contributed by atoms with Gasteiger partial charge in [0.25, 0.3) is 0 Å². The van der Waals surface area contributed by atoms with E-state index < -0.39 is 5.54 Å². The molecule has 0 bridgehead atoms. The van der Waals surface area contributed by atoms with Gasteiger partial charge in [-0.3, -0.25) is 0 Å². The predicted octanol–water partition coefficient (Wildman–Crippen LogP) is 4.55. The summed E-state index contributed by atoms with van der Waals surface area (Å²) < 4.78 is 5.45. The third-order valence-corrected chi connectivity index (χ3v) is 4.03. The standard InChI is InChI=1S/C18H22ClNO/c1-3-11-18(20,15-7-5-4-6-8-15)13-14-12-16(19)9-10-17(14)21-2/h4-10,12H,3,11,13,20H2,1-2H3. The van der Waals surface area contributed by atoms with Crippen LogP contribution in [0.1, 0.15) is 30.9 Å². The summed E-state index contributed by atoms with van der Waals surface area (Å²) in [5.74, 6) is 0.834. The zero-order valence-corrected chi connectivity index (χ0v) is 13.4. The number of nitrogens with two attached hydrogens (primary N) is 1. The summed E-state index contributed by atoms with van der Waals surface area (Å²) in [6.07, 6.45) is 2.63. The Balaban J connectivity index is 2.39. The van der Waals surface area contributed by atoms with E-state index in [1.165, 1.54) is 0 Å². The Kier molecular flexibility index (Phi) is 5.27. The van der Waals surface area contributed by atoms with Gasteiger partial charge < -0.3 is 10.5 Å². The Morgan fingerprint density at radius 1 is 1.14 bits per heavy atom. The van der Waals surface area contributed by atoms with Crippen LogP contribution in [-0.2, 0) is 12.0 Å². The molecule has 112 valence electrons. The van der Waals surface area contributed by atoms with Gasteiger partial charge in [-0.05, 0) is 42.2 Å². The van der Waals surface area contributed by atoms with Crippen molar-refractivity contribution < 1.29 is 4.74 Å². The molecule has 0 amide bonds. The minimum absolute atomic E-state index is 0.409. The summed E-state index contributed by atoms with van der Waals surface area (Å²) >= 11 is 6.13. The van der Waals surface area contributed by atoms with E-state index >= 15 is 0 Å². The molecule has 2 N–H and O–H groups in total. The highest BCUT2D eigenvalue weighted by molar-refractivity contribution is 6.30. The molecule has 1 atom stereocenters. The maximum Gasteiger partial charge on any atom is 0.122 e. The lowest BCUT2D eigenvalue weighted by molar-refractivity contribution is 0.376. The molecule has 0 aliphatic rings. The van der Waals surface area contributed by atoms with Crippen LogP contribution in [-0.4, -0.2) is 7.11 Å². The molecule has 2 aromatic carbocycles. The van der Waals surface area contributed by atoms with E-state index in [1.807, 2.05) is 36.4 Å². The van der Waals surface area contributed by atoms with Crippen molar-refractivity contribution in [2.24, 2.45) is 5.73 Å². The lowest BCUT2D eigenvalue weighted by Gasteiger charge is -2.31. The molecule has 0 aromatic heterocycles. The molecule has 0 saturated carbocycles. The molecule has 0 aliphatic heterocycles. The van der Waals surface area contributed by atoms with Crippen LogP contribution in [0.5, 0.6) is 5.75 Å². The number of benzene rings is 2. The maximum atomic E-state index is 6.74. The van der Waals surface area contributed by atoms with E-state index in [0.717, 1.165) is 29.7 Å². The molecule has 2 rings (SSSR count). The van der Waals surface area contributed by atoms with Crippen molar-refractivity contribution in [2.45, 2.75) is 31.7 Å². The van der Waals surface area contributed by atoms with E-state index in [1.54, 1.807) is 7.11 Å². The molecular weight excluding hydrogens is 282 g/mol. The normalized spacial score (nSPS) is 13.7. The Morgan fingerprint density at radius 2 is 1.86 bits per heavy atom. The van der Waals surface area contributed by atoms with E-state index in [0.29, 0.717) is 11.4 Å². The first-order valence-corrected chi connectivity index (χ1v) is 7.63. The summed E-state index contributed by atoms with van der Waals surface area (Å²) in [4.78, 5) is 0. The number of hydrogen-bond donors (Lipinski definition) is 1. The van der Waals surface area contributed by atoms with Crippen LogP contribution in [0, 0.1) is 0 Å². The predicted molar refractivity (Wildman–Crippen MR) is 88.9 cm³/mol. The Morgan fingerprint density at radius 3 is 2.48 bits per heavy atom. The van der Waals surface area contributed by atoms with Crippen LogP contribution in [0.2, 0.25) is 5.02 Å². The molecule has 0 radical (unpaired) electrons. The first kappa shape index (κ1) is 15.9. The highest BCUT2D eigenvalue weighted by Crippen LogP contribution is 2.32. The van der Waals surface area contributed by atoms with Crippen LogP contribution in [0.3, 0.4) is 0 Å². The highest BCUT2D eigenvalue weighted by Gasteiger charge is 2.28. The van der Waals surface area contributed by atoms with Gasteiger partial charge in [-0.1, -0.05) is 55.3 Å². The third kappa shape index (κ3) is 3.78. The first-order chi connectivity index (χ1) is 10.1. The van der Waals surface area contributed by atoms with Crippen molar-refractivity contribution in [3.8, 4) is 5.75 Å². The number of methoxy groups -OCH3 is 1. The molecule has 1 unspecified atom stereocenters. The lowest BCUT2D eigenvalue weighted by Crippen LogP contribution is -2.39. The number of ether oxygens (including phenoxy) is 1. The van der Waals surface area contributed by atoms with Crippen LogP contribution < -0.4 is 10.5 Å². The summed E-state index contributed by atoms with van der Waals surface area (Å²) in [6, 6.07) is 15.9. The average molecular weight is 304 g/mol. The molecule has 2 nitrogen and oxygen atoms in total. The number of hydrogen-bond acceptors (Lipinski definition) is 2. The van der Waals surface area contributed by atoms with Crippen molar-refractivity contribution in [3.05, 3.63) is 64.7 Å². The van der Waals surface area contributed by atoms with Gasteiger partial charge in [-0.15, -0.1) is 0 Å².